The van der Waals surface area contributed by atoms with Crippen molar-refractivity contribution >= 4 is 35.8 Å². The Morgan fingerprint density at radius 2 is 1.77 bits per heavy atom. The highest BCUT2D eigenvalue weighted by atomic mass is 127. The summed E-state index contributed by atoms with van der Waals surface area (Å²) in [6.45, 7) is 12.2. The Bertz CT molecular complexity index is 854. The van der Waals surface area contributed by atoms with E-state index < -0.39 is 0 Å². The molecule has 0 aliphatic carbocycles. The molecule has 1 aromatic heterocycles. The summed E-state index contributed by atoms with van der Waals surface area (Å²) in [5, 5.41) is 3.38. The number of nitrogens with one attached hydrogen (secondary N) is 1. The van der Waals surface area contributed by atoms with Gasteiger partial charge >= 0.3 is 0 Å². The van der Waals surface area contributed by atoms with Crippen LogP contribution in [-0.2, 0) is 6.54 Å². The number of benzene rings is 1. The first kappa shape index (κ1) is 25.0. The highest BCUT2D eigenvalue weighted by molar-refractivity contribution is 14.0. The number of hydrogen-bond acceptors (Lipinski definition) is 4. The van der Waals surface area contributed by atoms with Gasteiger partial charge in [0, 0.05) is 38.3 Å². The summed E-state index contributed by atoms with van der Waals surface area (Å²) < 4.78 is 11.3. The smallest absolute Gasteiger partial charge is 0.289 e. The third-order valence-corrected chi connectivity index (χ3v) is 4.72. The second kappa shape index (κ2) is 11.4. The van der Waals surface area contributed by atoms with Gasteiger partial charge in [-0.05, 0) is 45.9 Å². The van der Waals surface area contributed by atoms with Gasteiger partial charge in [-0.3, -0.25) is 4.79 Å². The summed E-state index contributed by atoms with van der Waals surface area (Å²) in [5.41, 5.74) is 0.788. The molecular weight excluding hydrogens is 507 g/mol. The normalized spacial score (nSPS) is 14.8. The monoisotopic (exact) mass is 540 g/mol. The summed E-state index contributed by atoms with van der Waals surface area (Å²) in [4.78, 5) is 21.3. The number of hydrogen-bond donors (Lipinski definition) is 1. The maximum absolute atomic E-state index is 12.5. The number of rotatable bonds is 5. The van der Waals surface area contributed by atoms with Crippen molar-refractivity contribution in [3.63, 3.8) is 0 Å². The number of ether oxygens (including phenoxy) is 1. The van der Waals surface area contributed by atoms with Gasteiger partial charge in [0.15, 0.2) is 11.7 Å². The van der Waals surface area contributed by atoms with E-state index in [1.54, 1.807) is 12.1 Å². The Labute approximate surface area is 201 Å². The number of amides is 1. The predicted molar refractivity (Wildman–Crippen MR) is 133 cm³/mol. The molecule has 3 rings (SSSR count). The maximum Gasteiger partial charge on any atom is 0.289 e. The van der Waals surface area contributed by atoms with Crippen molar-refractivity contribution in [2.75, 3.05) is 32.7 Å². The Kier molecular flexibility index (Phi) is 9.21. The van der Waals surface area contributed by atoms with Gasteiger partial charge in [-0.1, -0.05) is 18.2 Å². The fourth-order valence-corrected chi connectivity index (χ4v) is 3.33. The van der Waals surface area contributed by atoms with Crippen LogP contribution in [0.2, 0.25) is 0 Å². The summed E-state index contributed by atoms with van der Waals surface area (Å²) in [7, 11) is 0. The molecule has 1 saturated heterocycles. The van der Waals surface area contributed by atoms with E-state index in [0.29, 0.717) is 25.4 Å². The van der Waals surface area contributed by atoms with Gasteiger partial charge in [0.1, 0.15) is 11.4 Å². The minimum Gasteiger partial charge on any atom is -0.488 e. The molecule has 0 unspecified atom stereocenters. The van der Waals surface area contributed by atoms with Crippen molar-refractivity contribution in [3.8, 4) is 5.75 Å². The number of halogens is 1. The Morgan fingerprint density at radius 3 is 2.39 bits per heavy atom. The van der Waals surface area contributed by atoms with Gasteiger partial charge in [0.25, 0.3) is 5.91 Å². The predicted octanol–water partition coefficient (Wildman–Crippen LogP) is 4.00. The van der Waals surface area contributed by atoms with Crippen LogP contribution in [0.25, 0.3) is 0 Å². The second-order valence-corrected chi connectivity index (χ2v) is 8.25. The molecule has 0 radical (unpaired) electrons. The first-order valence-corrected chi connectivity index (χ1v) is 10.5. The Balaban J connectivity index is 0.00000341. The lowest BCUT2D eigenvalue weighted by Crippen LogP contribution is -2.53. The van der Waals surface area contributed by atoms with Crippen LogP contribution < -0.4 is 10.1 Å². The number of carbonyl (C=O) groups is 1. The van der Waals surface area contributed by atoms with Crippen LogP contribution in [0.15, 0.2) is 52.1 Å². The van der Waals surface area contributed by atoms with E-state index in [0.717, 1.165) is 36.9 Å². The van der Waals surface area contributed by atoms with Crippen LogP contribution in [-0.4, -0.2) is 60.0 Å². The molecule has 2 heterocycles. The van der Waals surface area contributed by atoms with E-state index in [9.17, 15) is 4.79 Å². The number of piperazine rings is 1. The van der Waals surface area contributed by atoms with Crippen LogP contribution in [0.3, 0.4) is 0 Å². The lowest BCUT2D eigenvalue weighted by atomic mass is 10.1. The number of aliphatic imine (C=N–C) groups is 1. The van der Waals surface area contributed by atoms with Gasteiger partial charge in [0.05, 0.1) is 12.8 Å². The molecule has 1 aliphatic rings. The van der Waals surface area contributed by atoms with Gasteiger partial charge in [-0.25, -0.2) is 4.99 Å². The van der Waals surface area contributed by atoms with Crippen molar-refractivity contribution in [2.45, 2.75) is 39.8 Å². The minimum absolute atomic E-state index is 0. The fraction of sp³-hybridized carbons (Fsp3) is 0.478. The zero-order chi connectivity index (χ0) is 21.6. The van der Waals surface area contributed by atoms with Crippen LogP contribution >= 0.6 is 24.0 Å². The van der Waals surface area contributed by atoms with E-state index in [4.69, 9.17) is 14.1 Å². The first-order chi connectivity index (χ1) is 14.4. The van der Waals surface area contributed by atoms with Crippen LogP contribution in [0, 0.1) is 0 Å². The molecule has 8 heteroatoms. The molecule has 31 heavy (non-hydrogen) atoms. The highest BCUT2D eigenvalue weighted by Gasteiger charge is 2.25. The third-order valence-electron chi connectivity index (χ3n) is 4.72. The lowest BCUT2D eigenvalue weighted by Gasteiger charge is -2.36. The van der Waals surface area contributed by atoms with Crippen molar-refractivity contribution in [2.24, 2.45) is 4.99 Å². The van der Waals surface area contributed by atoms with Crippen molar-refractivity contribution < 1.29 is 13.9 Å². The van der Waals surface area contributed by atoms with E-state index in [1.807, 2.05) is 49.9 Å². The largest absolute Gasteiger partial charge is 0.488 e. The van der Waals surface area contributed by atoms with Gasteiger partial charge in [-0.2, -0.15) is 0 Å². The van der Waals surface area contributed by atoms with E-state index in [-0.39, 0.29) is 35.5 Å². The van der Waals surface area contributed by atoms with Gasteiger partial charge < -0.3 is 24.3 Å². The summed E-state index contributed by atoms with van der Waals surface area (Å²) in [6, 6.07) is 11.5. The second-order valence-electron chi connectivity index (χ2n) is 8.25. The third kappa shape index (κ3) is 7.15. The molecule has 0 saturated carbocycles. The van der Waals surface area contributed by atoms with E-state index in [2.05, 4.69) is 17.1 Å². The quantitative estimate of drug-likeness (QED) is 0.353. The number of carbonyl (C=O) groups excluding carboxylic acids is 1. The standard InChI is InChI=1S/C23H32N4O3.HI/c1-5-24-22(25-17-18-9-6-7-10-19(18)30-23(2,3)4)27-14-12-26(13-15-27)21(28)20-11-8-16-29-20;/h6-11,16H,5,12-15,17H2,1-4H3,(H,24,25);1H. The number of nitrogens with zero attached hydrogens (tertiary/aromatic N) is 3. The SMILES string of the molecule is CCNC(=NCc1ccccc1OC(C)(C)C)N1CCN(C(=O)c2ccco2)CC1.I. The molecule has 2 aromatic rings. The topological polar surface area (TPSA) is 70.3 Å². The summed E-state index contributed by atoms with van der Waals surface area (Å²) in [6.07, 6.45) is 1.53. The van der Waals surface area contributed by atoms with E-state index >= 15 is 0 Å². The average molecular weight is 540 g/mol. The lowest BCUT2D eigenvalue weighted by molar-refractivity contribution is 0.0657. The van der Waals surface area contributed by atoms with E-state index in [1.165, 1.54) is 6.26 Å². The molecule has 170 valence electrons. The number of para-hydroxylation sites is 1. The fourth-order valence-electron chi connectivity index (χ4n) is 3.33. The molecular formula is C23H33IN4O3. The van der Waals surface area contributed by atoms with Gasteiger partial charge in [-0.15, -0.1) is 24.0 Å². The molecule has 1 amide bonds. The Morgan fingerprint density at radius 1 is 1.10 bits per heavy atom. The molecule has 1 aromatic carbocycles. The molecule has 1 N–H and O–H groups in total. The van der Waals surface area contributed by atoms with Crippen LogP contribution in [0.1, 0.15) is 43.8 Å². The molecule has 0 atom stereocenters. The van der Waals surface area contributed by atoms with Crippen LogP contribution in [0.5, 0.6) is 5.75 Å². The minimum atomic E-state index is -0.263. The highest BCUT2D eigenvalue weighted by Crippen LogP contribution is 2.23. The summed E-state index contributed by atoms with van der Waals surface area (Å²) in [5.74, 6) is 2.04. The summed E-state index contributed by atoms with van der Waals surface area (Å²) >= 11 is 0. The number of furan rings is 1. The Hall–Kier alpha value is -2.23. The average Bonchev–Trinajstić information content (AvgIpc) is 3.25. The molecule has 1 aliphatic heterocycles. The number of guanidine groups is 1. The van der Waals surface area contributed by atoms with Crippen molar-refractivity contribution in [1.82, 2.24) is 15.1 Å². The molecule has 7 nitrogen and oxygen atoms in total. The molecule has 0 bridgehead atoms. The first-order valence-electron chi connectivity index (χ1n) is 10.5. The zero-order valence-corrected chi connectivity index (χ0v) is 21.1. The van der Waals surface area contributed by atoms with Gasteiger partial charge in [0.2, 0.25) is 0 Å². The molecule has 1 fully saturated rings. The zero-order valence-electron chi connectivity index (χ0n) is 18.8. The van der Waals surface area contributed by atoms with Crippen LogP contribution in [0.4, 0.5) is 0 Å². The maximum atomic E-state index is 12.5. The van der Waals surface area contributed by atoms with Crippen molar-refractivity contribution in [1.29, 1.82) is 0 Å². The van der Waals surface area contributed by atoms with Crippen molar-refractivity contribution in [3.05, 3.63) is 54.0 Å². The molecule has 0 spiro atoms.